The predicted octanol–water partition coefficient (Wildman–Crippen LogP) is 1.09. The molecule has 0 saturated heterocycles. The molecule has 34 valence electrons. The van der Waals surface area contributed by atoms with Gasteiger partial charge in [0.2, 0.25) is 0 Å². The van der Waals surface area contributed by atoms with E-state index >= 15 is 0 Å². The summed E-state index contributed by atoms with van der Waals surface area (Å²) in [5.74, 6) is 0. The largest absolute Gasteiger partial charge is 2.00 e. The van der Waals surface area contributed by atoms with E-state index in [9.17, 15) is 0 Å². The first kappa shape index (κ1) is 9.15. The average molecular weight is 253 g/mol. The second kappa shape index (κ2) is 8.82. The van der Waals surface area contributed by atoms with Crippen LogP contribution in [0.1, 0.15) is 0 Å². The van der Waals surface area contributed by atoms with Crippen molar-refractivity contribution in [1.29, 1.82) is 0 Å². The maximum Gasteiger partial charge on any atom is 2.00 e. The summed E-state index contributed by atoms with van der Waals surface area (Å²) in [7, 11) is 0. The summed E-state index contributed by atoms with van der Waals surface area (Å²) in [6.07, 6.45) is 0. The fourth-order valence-corrected chi connectivity index (χ4v) is 0. The Hall–Kier alpha value is 0.608. The molecule has 0 aliphatic rings. The first-order valence-electron chi connectivity index (χ1n) is 1.21. The topological polar surface area (TPSA) is 47.6 Å². The third kappa shape index (κ3) is 12.1. The van der Waals surface area contributed by atoms with E-state index in [0.29, 0.717) is 0 Å². The number of nitrogens with one attached hydrogen (secondary N) is 2. The van der Waals surface area contributed by atoms with Crippen LogP contribution in [0.4, 0.5) is 0 Å². The monoisotopic (exact) mass is 253 g/mol. The normalized spacial score (nSPS) is 6.00. The number of hydrogen-bond acceptors (Lipinski definition) is 0. The Kier molecular flexibility index (Phi) is 16.1. The van der Waals surface area contributed by atoms with Crippen molar-refractivity contribution in [3.05, 3.63) is 11.5 Å². The summed E-state index contributed by atoms with van der Waals surface area (Å²) in [6.45, 7) is 0.472. The molecule has 0 saturated carbocycles. The summed E-state index contributed by atoms with van der Waals surface area (Å²) >= 11 is 0. The minimum Gasteiger partial charge on any atom is -0.679 e. The molecular formula is C2H6N2Pt. The van der Waals surface area contributed by atoms with Gasteiger partial charge >= 0.3 is 21.1 Å². The van der Waals surface area contributed by atoms with Gasteiger partial charge in [-0.05, 0) is 0 Å². The molecule has 0 radical (unpaired) electrons. The van der Waals surface area contributed by atoms with Crippen LogP contribution in [0.25, 0.3) is 11.5 Å². The van der Waals surface area contributed by atoms with Crippen molar-refractivity contribution in [3.63, 3.8) is 0 Å². The summed E-state index contributed by atoms with van der Waals surface area (Å²) < 4.78 is 0. The van der Waals surface area contributed by atoms with Crippen LogP contribution in [0.3, 0.4) is 0 Å². The van der Waals surface area contributed by atoms with Crippen molar-refractivity contribution in [2.24, 2.45) is 0 Å². The van der Waals surface area contributed by atoms with Gasteiger partial charge in [0, 0.05) is 0 Å². The van der Waals surface area contributed by atoms with E-state index in [4.69, 9.17) is 11.5 Å². The molecule has 0 unspecified atom stereocenters. The standard InChI is InChI=1S/C2H6N2.Pt/c3-1-2-4;/h3-4H,1-2H2;/q-2;+2. The Bertz CT molecular complexity index is 9.61. The first-order chi connectivity index (χ1) is 1.91. The van der Waals surface area contributed by atoms with Crippen LogP contribution >= 0.6 is 0 Å². The summed E-state index contributed by atoms with van der Waals surface area (Å²) in [5.41, 5.74) is 12.5. The zero-order valence-electron chi connectivity index (χ0n) is 2.73. The molecule has 0 aromatic rings. The van der Waals surface area contributed by atoms with E-state index in [2.05, 4.69) is 0 Å². The van der Waals surface area contributed by atoms with E-state index in [1.165, 1.54) is 0 Å². The van der Waals surface area contributed by atoms with Crippen molar-refractivity contribution >= 4 is 0 Å². The van der Waals surface area contributed by atoms with Crippen LogP contribution in [0.15, 0.2) is 0 Å². The van der Waals surface area contributed by atoms with E-state index in [-0.39, 0.29) is 34.2 Å². The maximum absolute atomic E-state index is 6.26. The summed E-state index contributed by atoms with van der Waals surface area (Å²) in [5, 5.41) is 0. The van der Waals surface area contributed by atoms with Crippen molar-refractivity contribution in [2.45, 2.75) is 0 Å². The van der Waals surface area contributed by atoms with Crippen LogP contribution < -0.4 is 0 Å². The van der Waals surface area contributed by atoms with Crippen molar-refractivity contribution in [3.8, 4) is 0 Å². The zero-order chi connectivity index (χ0) is 3.41. The van der Waals surface area contributed by atoms with E-state index in [1.54, 1.807) is 0 Å². The maximum atomic E-state index is 6.26. The van der Waals surface area contributed by atoms with Crippen molar-refractivity contribution < 1.29 is 21.1 Å². The van der Waals surface area contributed by atoms with E-state index < -0.39 is 0 Å². The molecule has 0 bridgehead atoms. The molecule has 0 rings (SSSR count). The molecule has 2 nitrogen and oxygen atoms in total. The SMILES string of the molecule is [NH-]CC[NH-].[Pt+2]. The van der Waals surface area contributed by atoms with Gasteiger partial charge in [-0.3, -0.25) is 0 Å². The van der Waals surface area contributed by atoms with E-state index in [1.807, 2.05) is 0 Å². The van der Waals surface area contributed by atoms with Crippen LogP contribution in [-0.2, 0) is 21.1 Å². The Labute approximate surface area is 46.2 Å². The van der Waals surface area contributed by atoms with Gasteiger partial charge in [0.1, 0.15) is 0 Å². The quantitative estimate of drug-likeness (QED) is 0.671. The Balaban J connectivity index is 0. The van der Waals surface area contributed by atoms with Gasteiger partial charge in [0.25, 0.3) is 0 Å². The third-order valence-corrected chi connectivity index (χ3v) is 0.125. The smallest absolute Gasteiger partial charge is 0.679 e. The molecular weight excluding hydrogens is 247 g/mol. The summed E-state index contributed by atoms with van der Waals surface area (Å²) in [6, 6.07) is 0. The molecule has 0 aliphatic heterocycles. The molecule has 0 heterocycles. The van der Waals surface area contributed by atoms with Gasteiger partial charge in [-0.25, -0.2) is 0 Å². The van der Waals surface area contributed by atoms with Crippen molar-refractivity contribution in [1.82, 2.24) is 0 Å². The molecule has 3 heteroatoms. The molecule has 0 spiro atoms. The molecule has 2 N–H and O–H groups in total. The molecule has 0 atom stereocenters. The molecule has 0 aromatic heterocycles. The number of rotatable bonds is 1. The third-order valence-electron chi connectivity index (χ3n) is 0.125. The van der Waals surface area contributed by atoms with Gasteiger partial charge in [-0.15, -0.1) is 0 Å². The minimum absolute atomic E-state index is 0. The van der Waals surface area contributed by atoms with Gasteiger partial charge in [0.05, 0.1) is 0 Å². The van der Waals surface area contributed by atoms with Crippen LogP contribution in [0.2, 0.25) is 0 Å². The van der Waals surface area contributed by atoms with Gasteiger partial charge in [-0.2, -0.15) is 13.1 Å². The molecule has 0 aromatic carbocycles. The average Bonchev–Trinajstić information content (AvgIpc) is 1.37. The van der Waals surface area contributed by atoms with Gasteiger partial charge in [0.15, 0.2) is 0 Å². The van der Waals surface area contributed by atoms with Crippen LogP contribution in [0.5, 0.6) is 0 Å². The van der Waals surface area contributed by atoms with Crippen LogP contribution in [-0.4, -0.2) is 13.1 Å². The Morgan fingerprint density at radius 2 is 1.20 bits per heavy atom. The van der Waals surface area contributed by atoms with Gasteiger partial charge in [-0.1, -0.05) is 0 Å². The van der Waals surface area contributed by atoms with Gasteiger partial charge < -0.3 is 11.5 Å². The van der Waals surface area contributed by atoms with E-state index in [0.717, 1.165) is 0 Å². The fraction of sp³-hybridized carbons (Fsp3) is 1.00. The molecule has 0 amide bonds. The zero-order valence-corrected chi connectivity index (χ0v) is 5.00. The second-order valence-corrected chi connectivity index (χ2v) is 0.500. The summed E-state index contributed by atoms with van der Waals surface area (Å²) in [4.78, 5) is 0. The van der Waals surface area contributed by atoms with Crippen LogP contribution in [0, 0.1) is 0 Å². The number of hydrogen-bond donors (Lipinski definition) is 0. The second-order valence-electron chi connectivity index (χ2n) is 0.500. The Morgan fingerprint density at radius 3 is 1.20 bits per heavy atom. The molecule has 0 fully saturated rings. The minimum atomic E-state index is 0. The molecule has 0 aliphatic carbocycles. The first-order valence-corrected chi connectivity index (χ1v) is 1.21. The fourth-order valence-electron chi connectivity index (χ4n) is 0. The molecule has 5 heavy (non-hydrogen) atoms. The van der Waals surface area contributed by atoms with Crippen molar-refractivity contribution in [2.75, 3.05) is 13.1 Å². The Morgan fingerprint density at radius 1 is 1.00 bits per heavy atom. The predicted molar refractivity (Wildman–Crippen MR) is 18.4 cm³/mol.